The molecule has 0 aliphatic carbocycles. The average molecular weight is 251 g/mol. The van der Waals surface area contributed by atoms with Crippen LogP contribution in [0.4, 0.5) is 0 Å². The summed E-state index contributed by atoms with van der Waals surface area (Å²) < 4.78 is 4.53. The van der Waals surface area contributed by atoms with E-state index in [1.165, 1.54) is 38.3 Å². The average Bonchev–Trinajstić information content (AvgIpc) is 2.37. The highest BCUT2D eigenvalue weighted by Gasteiger charge is 2.08. The van der Waals surface area contributed by atoms with Crippen LogP contribution in [0.1, 0.15) is 27.6 Å². The molecular weight excluding hydrogens is 238 g/mol. The summed E-state index contributed by atoms with van der Waals surface area (Å²) in [5, 5.41) is 0. The third-order valence-electron chi connectivity index (χ3n) is 1.98. The number of hydrogen-bond donors (Lipinski definition) is 3. The number of benzene rings is 1. The van der Waals surface area contributed by atoms with Crippen molar-refractivity contribution < 1.29 is 19.1 Å². The van der Waals surface area contributed by atoms with Gasteiger partial charge in [0.25, 0.3) is 5.91 Å². The first-order valence-corrected chi connectivity index (χ1v) is 5.05. The molecule has 0 unspecified atom stereocenters. The van der Waals surface area contributed by atoms with Crippen molar-refractivity contribution in [2.75, 3.05) is 7.11 Å². The summed E-state index contributed by atoms with van der Waals surface area (Å²) in [5.74, 6) is -1.25. The molecule has 96 valence electrons. The van der Waals surface area contributed by atoms with Gasteiger partial charge in [0, 0.05) is 12.5 Å². The Morgan fingerprint density at radius 1 is 1.00 bits per heavy atom. The lowest BCUT2D eigenvalue weighted by molar-refractivity contribution is -0.120. The van der Waals surface area contributed by atoms with Crippen LogP contribution in [0.25, 0.3) is 0 Å². The first kappa shape index (κ1) is 13.7. The zero-order valence-electron chi connectivity index (χ0n) is 9.94. The molecule has 0 saturated heterocycles. The summed E-state index contributed by atoms with van der Waals surface area (Å²) >= 11 is 0. The second-order valence-corrected chi connectivity index (χ2v) is 3.33. The van der Waals surface area contributed by atoms with E-state index in [2.05, 4.69) is 21.1 Å². The lowest BCUT2D eigenvalue weighted by atomic mass is 10.1. The molecule has 0 aliphatic heterocycles. The molecule has 0 atom stereocenters. The van der Waals surface area contributed by atoms with Crippen molar-refractivity contribution in [2.24, 2.45) is 0 Å². The Morgan fingerprint density at radius 3 is 2.06 bits per heavy atom. The van der Waals surface area contributed by atoms with E-state index in [9.17, 15) is 14.4 Å². The molecule has 1 rings (SSSR count). The lowest BCUT2D eigenvalue weighted by Crippen LogP contribution is -2.48. The van der Waals surface area contributed by atoms with Gasteiger partial charge in [0.1, 0.15) is 0 Å². The topological polar surface area (TPSA) is 96.5 Å². The minimum atomic E-state index is -0.474. The second-order valence-electron chi connectivity index (χ2n) is 3.33. The van der Waals surface area contributed by atoms with Crippen LogP contribution in [0.5, 0.6) is 0 Å². The van der Waals surface area contributed by atoms with Crippen LogP contribution in [0.2, 0.25) is 0 Å². The number of hydrogen-bond acceptors (Lipinski definition) is 5. The first-order chi connectivity index (χ1) is 8.54. The van der Waals surface area contributed by atoms with Crippen molar-refractivity contribution in [1.29, 1.82) is 0 Å². The maximum Gasteiger partial charge on any atom is 0.337 e. The number of methoxy groups -OCH3 is 1. The summed E-state index contributed by atoms with van der Waals surface area (Å²) in [7, 11) is 1.28. The van der Waals surface area contributed by atoms with Crippen molar-refractivity contribution >= 4 is 17.8 Å². The van der Waals surface area contributed by atoms with Crippen molar-refractivity contribution in [3.05, 3.63) is 35.4 Å². The number of carbonyl (C=O) groups is 3. The fourth-order valence-electron chi connectivity index (χ4n) is 1.12. The van der Waals surface area contributed by atoms with E-state index in [1.807, 2.05) is 0 Å². The van der Waals surface area contributed by atoms with Gasteiger partial charge >= 0.3 is 5.97 Å². The van der Waals surface area contributed by atoms with Gasteiger partial charge in [-0.3, -0.25) is 20.4 Å². The van der Waals surface area contributed by atoms with Crippen molar-refractivity contribution in [3.8, 4) is 0 Å². The highest BCUT2D eigenvalue weighted by molar-refractivity contribution is 5.96. The standard InChI is InChI=1S/C11H13N3O4/c1-7(15)12-14-13-10(16)8-3-5-9(6-4-8)11(17)18-2/h3-6,14H,1-2H3,(H,12,15)(H,13,16). The number of rotatable bonds is 4. The fourth-order valence-corrected chi connectivity index (χ4v) is 1.12. The molecule has 2 amide bonds. The first-order valence-electron chi connectivity index (χ1n) is 5.05. The van der Waals surface area contributed by atoms with Crippen LogP contribution >= 0.6 is 0 Å². The molecule has 3 N–H and O–H groups in total. The number of nitrogens with one attached hydrogen (secondary N) is 3. The number of esters is 1. The summed E-state index contributed by atoms with van der Waals surface area (Å²) in [6, 6.07) is 5.88. The van der Waals surface area contributed by atoms with Crippen LogP contribution < -0.4 is 16.4 Å². The summed E-state index contributed by atoms with van der Waals surface area (Å²) in [6.45, 7) is 1.30. The van der Waals surface area contributed by atoms with Crippen LogP contribution in [0.3, 0.4) is 0 Å². The molecule has 0 heterocycles. The molecule has 0 aliphatic rings. The van der Waals surface area contributed by atoms with Crippen LogP contribution in [0.15, 0.2) is 24.3 Å². The SMILES string of the molecule is COC(=O)c1ccc(C(=O)NNNC(C)=O)cc1. The molecule has 0 aromatic heterocycles. The van der Waals surface area contributed by atoms with Crippen LogP contribution in [0, 0.1) is 0 Å². The van der Waals surface area contributed by atoms with E-state index in [0.29, 0.717) is 11.1 Å². The Kier molecular flexibility index (Phi) is 4.82. The molecule has 0 saturated carbocycles. The quantitative estimate of drug-likeness (QED) is 0.507. The van der Waals surface area contributed by atoms with Crippen molar-refractivity contribution in [2.45, 2.75) is 6.92 Å². The van der Waals surface area contributed by atoms with Gasteiger partial charge in [0.2, 0.25) is 5.91 Å². The summed E-state index contributed by atoms with van der Waals surface area (Å²) in [6.07, 6.45) is 0. The lowest BCUT2D eigenvalue weighted by Gasteiger charge is -2.07. The number of ether oxygens (including phenoxy) is 1. The largest absolute Gasteiger partial charge is 0.465 e. The minimum Gasteiger partial charge on any atom is -0.465 e. The van der Waals surface area contributed by atoms with Gasteiger partial charge < -0.3 is 4.74 Å². The monoisotopic (exact) mass is 251 g/mol. The Hall–Kier alpha value is -2.41. The Bertz CT molecular complexity index is 456. The Morgan fingerprint density at radius 2 is 1.56 bits per heavy atom. The van der Waals surface area contributed by atoms with Crippen molar-refractivity contribution in [1.82, 2.24) is 16.4 Å². The smallest absolute Gasteiger partial charge is 0.337 e. The molecule has 7 heteroatoms. The van der Waals surface area contributed by atoms with E-state index >= 15 is 0 Å². The van der Waals surface area contributed by atoms with Gasteiger partial charge in [0.05, 0.1) is 12.7 Å². The normalized spacial score (nSPS) is 9.44. The molecule has 7 nitrogen and oxygen atoms in total. The van der Waals surface area contributed by atoms with Gasteiger partial charge in [-0.2, -0.15) is 0 Å². The van der Waals surface area contributed by atoms with E-state index < -0.39 is 11.9 Å². The van der Waals surface area contributed by atoms with Crippen molar-refractivity contribution in [3.63, 3.8) is 0 Å². The van der Waals surface area contributed by atoms with Gasteiger partial charge in [-0.05, 0) is 24.3 Å². The molecule has 1 aromatic rings. The second kappa shape index (κ2) is 6.36. The third kappa shape index (κ3) is 3.87. The molecule has 0 radical (unpaired) electrons. The molecular formula is C11H13N3O4. The highest BCUT2D eigenvalue weighted by atomic mass is 16.5. The van der Waals surface area contributed by atoms with Gasteiger partial charge in [-0.25, -0.2) is 4.79 Å². The highest BCUT2D eigenvalue weighted by Crippen LogP contribution is 2.05. The maximum atomic E-state index is 11.5. The molecule has 0 spiro atoms. The third-order valence-corrected chi connectivity index (χ3v) is 1.98. The number of amides is 2. The molecule has 0 fully saturated rings. The fraction of sp³-hybridized carbons (Fsp3) is 0.182. The zero-order chi connectivity index (χ0) is 13.5. The van der Waals surface area contributed by atoms with E-state index in [-0.39, 0.29) is 5.91 Å². The predicted molar refractivity (Wildman–Crippen MR) is 62.2 cm³/mol. The van der Waals surface area contributed by atoms with Crippen LogP contribution in [-0.4, -0.2) is 24.9 Å². The predicted octanol–water partition coefficient (Wildman–Crippen LogP) is -0.241. The molecule has 18 heavy (non-hydrogen) atoms. The van der Waals surface area contributed by atoms with E-state index in [0.717, 1.165) is 0 Å². The van der Waals surface area contributed by atoms with Gasteiger partial charge in [-0.1, -0.05) is 0 Å². The number of hydrazine groups is 2. The van der Waals surface area contributed by atoms with E-state index in [4.69, 9.17) is 0 Å². The number of carbonyl (C=O) groups excluding carboxylic acids is 3. The molecule has 1 aromatic carbocycles. The maximum absolute atomic E-state index is 11.5. The Balaban J connectivity index is 2.59. The van der Waals surface area contributed by atoms with Gasteiger partial charge in [0.15, 0.2) is 0 Å². The van der Waals surface area contributed by atoms with E-state index in [1.54, 1.807) is 0 Å². The zero-order valence-corrected chi connectivity index (χ0v) is 9.94. The Labute approximate surface area is 103 Å². The van der Waals surface area contributed by atoms with Gasteiger partial charge in [-0.15, -0.1) is 5.53 Å². The summed E-state index contributed by atoms with van der Waals surface area (Å²) in [4.78, 5) is 33.2. The van der Waals surface area contributed by atoms with Crippen LogP contribution in [-0.2, 0) is 9.53 Å². The minimum absolute atomic E-state index is 0.334. The molecule has 0 bridgehead atoms. The summed E-state index contributed by atoms with van der Waals surface area (Å²) in [5.41, 5.74) is 7.37.